The molecule has 0 fully saturated rings. The number of hydrogen-bond acceptors (Lipinski definition) is 4. The monoisotopic (exact) mass is 306 g/mol. The molecule has 0 aliphatic rings. The molecule has 0 saturated carbocycles. The zero-order chi connectivity index (χ0) is 16.7. The van der Waals surface area contributed by atoms with Crippen LogP contribution in [0.15, 0.2) is 27.4 Å². The van der Waals surface area contributed by atoms with Gasteiger partial charge in [0.1, 0.15) is 0 Å². The van der Waals surface area contributed by atoms with Crippen molar-refractivity contribution >= 4 is 22.8 Å². The molecular formula is C16H22N2O4. The van der Waals surface area contributed by atoms with Crippen LogP contribution in [0.5, 0.6) is 0 Å². The number of H-pyrrole nitrogens is 1. The molecule has 0 aliphatic carbocycles. The number of carbonyl (C=O) groups excluding carboxylic acids is 2. The summed E-state index contributed by atoms with van der Waals surface area (Å²) >= 11 is 0. The third-order valence-electron chi connectivity index (χ3n) is 3.36. The zero-order valence-corrected chi connectivity index (χ0v) is 13.1. The average molecular weight is 306 g/mol. The number of aromatic nitrogens is 1. The minimum Gasteiger partial charge on any atom is -0.408 e. The summed E-state index contributed by atoms with van der Waals surface area (Å²) in [7, 11) is 0. The van der Waals surface area contributed by atoms with Gasteiger partial charge in [-0.2, -0.15) is 0 Å². The van der Waals surface area contributed by atoms with Crippen molar-refractivity contribution in [1.29, 1.82) is 0 Å². The summed E-state index contributed by atoms with van der Waals surface area (Å²) in [6.45, 7) is 5.52. The lowest BCUT2D eigenvalue weighted by atomic mass is 10.0. The van der Waals surface area contributed by atoms with Crippen molar-refractivity contribution in [3.8, 4) is 0 Å². The number of aromatic amines is 1. The number of Topliss-reactive ketones (excluding diaryl/α,β-unsaturated/α-hetero) is 1. The largest absolute Gasteiger partial charge is 0.417 e. The van der Waals surface area contributed by atoms with E-state index in [9.17, 15) is 14.4 Å². The van der Waals surface area contributed by atoms with Gasteiger partial charge in [0.25, 0.3) is 0 Å². The van der Waals surface area contributed by atoms with Gasteiger partial charge < -0.3 is 10.2 Å². The van der Waals surface area contributed by atoms with Crippen LogP contribution < -0.4 is 11.5 Å². The van der Waals surface area contributed by atoms with Crippen LogP contribution in [0.25, 0.3) is 11.1 Å². The molecule has 0 bridgehead atoms. The zero-order valence-electron chi connectivity index (χ0n) is 13.1. The quantitative estimate of drug-likeness (QED) is 0.828. The number of benzene rings is 1. The number of hydrogen-bond donors (Lipinski definition) is 2. The molecule has 1 aromatic heterocycles. The van der Waals surface area contributed by atoms with E-state index >= 15 is 0 Å². The van der Waals surface area contributed by atoms with Crippen molar-refractivity contribution in [2.75, 3.05) is 0 Å². The van der Waals surface area contributed by atoms with E-state index in [1.807, 2.05) is 6.92 Å². The number of oxazole rings is 1. The van der Waals surface area contributed by atoms with Gasteiger partial charge in [-0.15, -0.1) is 0 Å². The van der Waals surface area contributed by atoms with Gasteiger partial charge in [-0.25, -0.2) is 4.79 Å². The molecule has 3 N–H and O–H groups in total. The van der Waals surface area contributed by atoms with Crippen LogP contribution >= 0.6 is 0 Å². The number of ketones is 1. The summed E-state index contributed by atoms with van der Waals surface area (Å²) < 4.78 is 4.80. The lowest BCUT2D eigenvalue weighted by Gasteiger charge is -2.06. The van der Waals surface area contributed by atoms with Crippen LogP contribution in [0.3, 0.4) is 0 Å². The molecule has 22 heavy (non-hydrogen) atoms. The lowest BCUT2D eigenvalue weighted by Crippen LogP contribution is -2.22. The number of rotatable bonds is 5. The summed E-state index contributed by atoms with van der Waals surface area (Å²) in [5.74, 6) is -0.601. The second kappa shape index (κ2) is 8.17. The molecule has 120 valence electrons. The van der Waals surface area contributed by atoms with Crippen LogP contribution in [0.1, 0.15) is 50.4 Å². The smallest absolute Gasteiger partial charge is 0.408 e. The molecule has 1 atom stereocenters. The molecule has 6 nitrogen and oxygen atoms in total. The van der Waals surface area contributed by atoms with E-state index in [0.717, 1.165) is 19.3 Å². The minimum atomic E-state index is -0.504. The molecular weight excluding hydrogens is 284 g/mol. The fourth-order valence-electron chi connectivity index (χ4n) is 2.06. The number of carbonyl (C=O) groups is 2. The highest BCUT2D eigenvalue weighted by Gasteiger charge is 2.09. The molecule has 0 radical (unpaired) electrons. The van der Waals surface area contributed by atoms with Gasteiger partial charge in [-0.1, -0.05) is 20.3 Å². The predicted molar refractivity (Wildman–Crippen MR) is 84.7 cm³/mol. The van der Waals surface area contributed by atoms with Crippen LogP contribution in [-0.4, -0.2) is 16.7 Å². The van der Waals surface area contributed by atoms with Crippen molar-refractivity contribution in [1.82, 2.24) is 4.98 Å². The van der Waals surface area contributed by atoms with E-state index in [0.29, 0.717) is 16.7 Å². The van der Waals surface area contributed by atoms with E-state index in [1.165, 1.54) is 6.92 Å². The van der Waals surface area contributed by atoms with Gasteiger partial charge in [0.2, 0.25) is 5.91 Å². The standard InChI is InChI=1S/C9H7NO3.C7H15NO/c1-5(11)6-2-3-7-8(4-6)13-9(12)10-7;1-3-5-6(4-2)7(8)9/h2-4H,1H3,(H,10,12);6H,3-5H2,1-2H3,(H2,8,9). The van der Waals surface area contributed by atoms with E-state index in [2.05, 4.69) is 11.9 Å². The number of nitrogens with one attached hydrogen (secondary N) is 1. The number of fused-ring (bicyclic) bond motifs is 1. The maximum absolute atomic E-state index is 11.0. The fraction of sp³-hybridized carbons (Fsp3) is 0.438. The van der Waals surface area contributed by atoms with Crippen molar-refractivity contribution < 1.29 is 14.0 Å². The summed E-state index contributed by atoms with van der Waals surface area (Å²) in [5.41, 5.74) is 6.65. The third kappa shape index (κ3) is 4.87. The van der Waals surface area contributed by atoms with Crippen LogP contribution in [-0.2, 0) is 4.79 Å². The Balaban J connectivity index is 0.000000239. The maximum Gasteiger partial charge on any atom is 0.417 e. The molecule has 2 aromatic rings. The second-order valence-electron chi connectivity index (χ2n) is 5.08. The maximum atomic E-state index is 11.0. The summed E-state index contributed by atoms with van der Waals surface area (Å²) in [5, 5.41) is 0. The molecule has 0 aliphatic heterocycles. The fourth-order valence-corrected chi connectivity index (χ4v) is 2.06. The second-order valence-corrected chi connectivity index (χ2v) is 5.08. The van der Waals surface area contributed by atoms with Crippen LogP contribution in [0, 0.1) is 5.92 Å². The molecule has 0 saturated heterocycles. The number of amides is 1. The number of primary amides is 1. The predicted octanol–water partition coefficient (Wildman–Crippen LogP) is 2.62. The SMILES string of the molecule is CC(=O)c1ccc2[nH]c(=O)oc2c1.CCCC(CC)C(N)=O. The van der Waals surface area contributed by atoms with Crippen LogP contribution in [0.2, 0.25) is 0 Å². The highest BCUT2D eigenvalue weighted by atomic mass is 16.4. The Morgan fingerprint density at radius 2 is 2.00 bits per heavy atom. The van der Waals surface area contributed by atoms with Crippen molar-refractivity contribution in [2.45, 2.75) is 40.0 Å². The highest BCUT2D eigenvalue weighted by molar-refractivity contribution is 5.96. The Labute approximate surface area is 128 Å². The molecule has 1 aromatic carbocycles. The summed E-state index contributed by atoms with van der Waals surface area (Å²) in [6.07, 6.45) is 2.86. The first-order valence-electron chi connectivity index (χ1n) is 7.32. The van der Waals surface area contributed by atoms with Crippen molar-refractivity contribution in [2.24, 2.45) is 11.7 Å². The minimum absolute atomic E-state index is 0.0502. The molecule has 1 heterocycles. The molecule has 2 rings (SSSR count). The van der Waals surface area contributed by atoms with Gasteiger partial charge in [-0.3, -0.25) is 14.6 Å². The van der Waals surface area contributed by atoms with Gasteiger partial charge >= 0.3 is 5.76 Å². The first-order chi connectivity index (χ1) is 10.4. The Hall–Kier alpha value is -2.37. The molecule has 1 amide bonds. The Morgan fingerprint density at radius 1 is 1.32 bits per heavy atom. The van der Waals surface area contributed by atoms with Crippen molar-refractivity contribution in [3.63, 3.8) is 0 Å². The van der Waals surface area contributed by atoms with E-state index in [1.54, 1.807) is 18.2 Å². The number of nitrogens with two attached hydrogens (primary N) is 1. The van der Waals surface area contributed by atoms with Gasteiger partial charge in [0.15, 0.2) is 11.4 Å². The third-order valence-corrected chi connectivity index (χ3v) is 3.36. The first kappa shape index (κ1) is 17.7. The first-order valence-corrected chi connectivity index (χ1v) is 7.32. The van der Waals surface area contributed by atoms with E-state index < -0.39 is 5.76 Å². The molecule has 6 heteroatoms. The highest BCUT2D eigenvalue weighted by Crippen LogP contribution is 2.12. The molecule has 1 unspecified atom stereocenters. The normalized spacial score (nSPS) is 11.6. The van der Waals surface area contributed by atoms with Gasteiger partial charge in [0.05, 0.1) is 5.52 Å². The summed E-state index contributed by atoms with van der Waals surface area (Å²) in [6, 6.07) is 4.85. The van der Waals surface area contributed by atoms with Crippen molar-refractivity contribution in [3.05, 3.63) is 34.3 Å². The Bertz CT molecular complexity index is 699. The van der Waals surface area contributed by atoms with Gasteiger partial charge in [0, 0.05) is 11.5 Å². The topological polar surface area (TPSA) is 106 Å². The van der Waals surface area contributed by atoms with E-state index in [-0.39, 0.29) is 17.6 Å². The van der Waals surface area contributed by atoms with Gasteiger partial charge in [-0.05, 0) is 38.0 Å². The van der Waals surface area contributed by atoms with E-state index in [4.69, 9.17) is 10.2 Å². The molecule has 0 spiro atoms. The Kier molecular flexibility index (Phi) is 6.56. The Morgan fingerprint density at radius 3 is 2.45 bits per heavy atom. The summed E-state index contributed by atoms with van der Waals surface area (Å²) in [4.78, 5) is 34.8. The lowest BCUT2D eigenvalue weighted by molar-refractivity contribution is -0.122. The van der Waals surface area contributed by atoms with Crippen LogP contribution in [0.4, 0.5) is 0 Å². The average Bonchev–Trinajstić information content (AvgIpc) is 2.83.